The first-order valence-corrected chi connectivity index (χ1v) is 6.18. The molecule has 1 aliphatic rings. The van der Waals surface area contributed by atoms with Crippen molar-refractivity contribution in [3.8, 4) is 0 Å². The average molecular weight is 267 g/mol. The van der Waals surface area contributed by atoms with Crippen molar-refractivity contribution in [2.45, 2.75) is 19.0 Å². The Hall–Kier alpha value is -0.800. The molecular weight excluding hydrogens is 252 g/mol. The highest BCUT2D eigenvalue weighted by Gasteiger charge is 2.26. The molecule has 3 heteroatoms. The molecule has 1 N–H and O–H groups in total. The van der Waals surface area contributed by atoms with Crippen LogP contribution in [-0.4, -0.2) is 15.9 Å². The zero-order chi connectivity index (χ0) is 10.7. The maximum absolute atomic E-state index is 3.50. The summed E-state index contributed by atoms with van der Waals surface area (Å²) in [7, 11) is 0. The summed E-state index contributed by atoms with van der Waals surface area (Å²) in [4.78, 5) is 0. The molecule has 1 aromatic carbocycles. The van der Waals surface area contributed by atoms with Gasteiger partial charge in [0, 0.05) is 11.5 Å². The van der Waals surface area contributed by atoms with Crippen LogP contribution in [0.3, 0.4) is 0 Å². The SMILES string of the molecule is CC1(CBr)C=CN(Cc2ccccc2)N1. The van der Waals surface area contributed by atoms with Crippen LogP contribution >= 0.6 is 15.9 Å². The minimum absolute atomic E-state index is 0.0504. The van der Waals surface area contributed by atoms with E-state index in [1.807, 2.05) is 6.07 Å². The second-order valence-electron chi connectivity index (χ2n) is 4.09. The monoisotopic (exact) mass is 266 g/mol. The first-order chi connectivity index (χ1) is 7.22. The van der Waals surface area contributed by atoms with Crippen LogP contribution in [0.25, 0.3) is 0 Å². The van der Waals surface area contributed by atoms with Gasteiger partial charge in [0.2, 0.25) is 0 Å². The van der Waals surface area contributed by atoms with Gasteiger partial charge in [-0.3, -0.25) is 0 Å². The first-order valence-electron chi connectivity index (χ1n) is 5.06. The van der Waals surface area contributed by atoms with Gasteiger partial charge in [-0.2, -0.15) is 0 Å². The van der Waals surface area contributed by atoms with E-state index in [1.165, 1.54) is 5.56 Å². The highest BCUT2D eigenvalue weighted by Crippen LogP contribution is 2.18. The second-order valence-corrected chi connectivity index (χ2v) is 4.65. The second kappa shape index (κ2) is 4.37. The van der Waals surface area contributed by atoms with Crippen molar-refractivity contribution in [3.63, 3.8) is 0 Å². The molecule has 2 nitrogen and oxygen atoms in total. The van der Waals surface area contributed by atoms with Crippen molar-refractivity contribution < 1.29 is 0 Å². The van der Waals surface area contributed by atoms with Crippen molar-refractivity contribution >= 4 is 15.9 Å². The lowest BCUT2D eigenvalue weighted by molar-refractivity contribution is 0.233. The summed E-state index contributed by atoms with van der Waals surface area (Å²) in [6, 6.07) is 10.5. The molecule has 1 heterocycles. The molecule has 0 saturated carbocycles. The van der Waals surface area contributed by atoms with Gasteiger partial charge in [-0.1, -0.05) is 46.3 Å². The van der Waals surface area contributed by atoms with Gasteiger partial charge in [-0.25, -0.2) is 5.43 Å². The molecule has 1 aromatic rings. The maximum Gasteiger partial charge on any atom is 0.0638 e. The minimum atomic E-state index is 0.0504. The molecule has 0 radical (unpaired) electrons. The van der Waals surface area contributed by atoms with Crippen LogP contribution in [0, 0.1) is 0 Å². The lowest BCUT2D eigenvalue weighted by Gasteiger charge is -2.25. The maximum atomic E-state index is 3.50. The number of nitrogens with zero attached hydrogens (tertiary/aromatic N) is 1. The van der Waals surface area contributed by atoms with Crippen LogP contribution in [0.15, 0.2) is 42.6 Å². The fourth-order valence-corrected chi connectivity index (χ4v) is 1.92. The van der Waals surface area contributed by atoms with Gasteiger partial charge >= 0.3 is 0 Å². The highest BCUT2D eigenvalue weighted by molar-refractivity contribution is 9.09. The Balaban J connectivity index is 1.97. The molecule has 0 bridgehead atoms. The Labute approximate surface area is 99.1 Å². The van der Waals surface area contributed by atoms with E-state index < -0.39 is 0 Å². The summed E-state index contributed by atoms with van der Waals surface area (Å²) >= 11 is 3.50. The van der Waals surface area contributed by atoms with Gasteiger partial charge in [0.1, 0.15) is 0 Å². The normalized spacial score (nSPS) is 24.8. The third-order valence-electron chi connectivity index (χ3n) is 2.49. The van der Waals surface area contributed by atoms with E-state index in [-0.39, 0.29) is 5.54 Å². The van der Waals surface area contributed by atoms with Crippen molar-refractivity contribution in [2.24, 2.45) is 0 Å². The standard InChI is InChI=1S/C12H15BrN2/c1-12(10-13)7-8-15(14-12)9-11-5-3-2-4-6-11/h2-8,14H,9-10H2,1H3. The molecule has 1 atom stereocenters. The molecule has 1 unspecified atom stereocenters. The fourth-order valence-electron chi connectivity index (χ4n) is 1.60. The van der Waals surface area contributed by atoms with Crippen molar-refractivity contribution in [3.05, 3.63) is 48.2 Å². The van der Waals surface area contributed by atoms with E-state index in [9.17, 15) is 0 Å². The predicted octanol–water partition coefficient (Wildman–Crippen LogP) is 2.67. The third-order valence-corrected chi connectivity index (χ3v) is 3.66. The van der Waals surface area contributed by atoms with E-state index in [4.69, 9.17) is 0 Å². The van der Waals surface area contributed by atoms with Crippen LogP contribution in [0.5, 0.6) is 0 Å². The summed E-state index contributed by atoms with van der Waals surface area (Å²) in [5, 5.41) is 3.04. The Bertz CT molecular complexity index is 350. The lowest BCUT2D eigenvalue weighted by atomic mass is 10.1. The molecule has 1 aliphatic heterocycles. The van der Waals surface area contributed by atoms with Gasteiger partial charge < -0.3 is 5.01 Å². The molecule has 80 valence electrons. The highest BCUT2D eigenvalue weighted by atomic mass is 79.9. The van der Waals surface area contributed by atoms with Crippen LogP contribution in [0.2, 0.25) is 0 Å². The van der Waals surface area contributed by atoms with Crippen molar-refractivity contribution in [2.75, 3.05) is 5.33 Å². The number of hydrogen-bond donors (Lipinski definition) is 1. The number of hydrazine groups is 1. The van der Waals surface area contributed by atoms with E-state index in [1.54, 1.807) is 0 Å². The largest absolute Gasteiger partial charge is 0.311 e. The van der Waals surface area contributed by atoms with E-state index in [0.29, 0.717) is 0 Å². The molecule has 0 aromatic heterocycles. The number of nitrogens with one attached hydrogen (secondary N) is 1. The van der Waals surface area contributed by atoms with E-state index in [2.05, 4.69) is 69.8 Å². The Morgan fingerprint density at radius 1 is 1.33 bits per heavy atom. The topological polar surface area (TPSA) is 15.3 Å². The van der Waals surface area contributed by atoms with Gasteiger partial charge in [-0.05, 0) is 18.6 Å². The number of halogens is 1. The molecular formula is C12H15BrN2. The summed E-state index contributed by atoms with van der Waals surface area (Å²) in [5.41, 5.74) is 4.80. The molecule has 15 heavy (non-hydrogen) atoms. The number of hydrogen-bond acceptors (Lipinski definition) is 2. The zero-order valence-corrected chi connectivity index (χ0v) is 10.4. The van der Waals surface area contributed by atoms with Crippen LogP contribution < -0.4 is 5.43 Å². The van der Waals surface area contributed by atoms with Crippen LogP contribution in [-0.2, 0) is 6.54 Å². The molecule has 0 fully saturated rings. The Kier molecular flexibility index (Phi) is 3.12. The van der Waals surface area contributed by atoms with E-state index >= 15 is 0 Å². The fraction of sp³-hybridized carbons (Fsp3) is 0.333. The van der Waals surface area contributed by atoms with Gasteiger partial charge in [-0.15, -0.1) is 0 Å². The van der Waals surface area contributed by atoms with Crippen LogP contribution in [0.4, 0.5) is 0 Å². The van der Waals surface area contributed by atoms with Gasteiger partial charge in [0.25, 0.3) is 0 Å². The van der Waals surface area contributed by atoms with E-state index in [0.717, 1.165) is 11.9 Å². The minimum Gasteiger partial charge on any atom is -0.311 e. The smallest absolute Gasteiger partial charge is 0.0638 e. The van der Waals surface area contributed by atoms with Crippen LogP contribution in [0.1, 0.15) is 12.5 Å². The molecule has 0 spiro atoms. The number of benzene rings is 1. The number of alkyl halides is 1. The zero-order valence-electron chi connectivity index (χ0n) is 8.78. The predicted molar refractivity (Wildman–Crippen MR) is 66.5 cm³/mol. The first kappa shape index (κ1) is 10.7. The third kappa shape index (κ3) is 2.61. The van der Waals surface area contributed by atoms with Crippen molar-refractivity contribution in [1.29, 1.82) is 0 Å². The lowest BCUT2D eigenvalue weighted by Crippen LogP contribution is -2.45. The molecule has 2 rings (SSSR count). The van der Waals surface area contributed by atoms with Gasteiger partial charge in [0.05, 0.1) is 12.1 Å². The summed E-state index contributed by atoms with van der Waals surface area (Å²) in [6.07, 6.45) is 4.29. The summed E-state index contributed by atoms with van der Waals surface area (Å²) in [5.74, 6) is 0. The summed E-state index contributed by atoms with van der Waals surface area (Å²) in [6.45, 7) is 3.07. The molecule has 0 saturated heterocycles. The average Bonchev–Trinajstić information content (AvgIpc) is 2.63. The summed E-state index contributed by atoms with van der Waals surface area (Å²) < 4.78 is 0. The molecule has 0 amide bonds. The Morgan fingerprint density at radius 3 is 2.67 bits per heavy atom. The van der Waals surface area contributed by atoms with Crippen molar-refractivity contribution in [1.82, 2.24) is 10.4 Å². The molecule has 0 aliphatic carbocycles. The Morgan fingerprint density at radius 2 is 2.07 bits per heavy atom. The number of rotatable bonds is 3. The van der Waals surface area contributed by atoms with Gasteiger partial charge in [0.15, 0.2) is 0 Å². The quantitative estimate of drug-likeness (QED) is 0.847.